The lowest BCUT2D eigenvalue weighted by Crippen LogP contribution is -2.56. The van der Waals surface area contributed by atoms with Gasteiger partial charge in [-0.3, -0.25) is 4.98 Å². The molecule has 0 atom stereocenters. The van der Waals surface area contributed by atoms with Crippen molar-refractivity contribution in [1.29, 1.82) is 0 Å². The van der Waals surface area contributed by atoms with Gasteiger partial charge in [0.1, 0.15) is 17.2 Å². The van der Waals surface area contributed by atoms with Gasteiger partial charge in [0.25, 0.3) is 0 Å². The van der Waals surface area contributed by atoms with Crippen LogP contribution in [0.15, 0.2) is 24.4 Å². The van der Waals surface area contributed by atoms with Crippen LogP contribution in [0.25, 0.3) is 21.9 Å². The Balaban J connectivity index is 1.74. The molecule has 0 bridgehead atoms. The molecule has 0 amide bonds. The maximum Gasteiger partial charge on any atom is 0.326 e. The van der Waals surface area contributed by atoms with E-state index in [1.165, 1.54) is 0 Å². The van der Waals surface area contributed by atoms with Crippen molar-refractivity contribution in [3.05, 3.63) is 41.7 Å². The number of H-pyrrole nitrogens is 1. The molecule has 10 heteroatoms. The summed E-state index contributed by atoms with van der Waals surface area (Å²) in [7, 11) is 1.64. The highest BCUT2D eigenvalue weighted by Crippen LogP contribution is 2.39. The maximum absolute atomic E-state index is 14.8. The summed E-state index contributed by atoms with van der Waals surface area (Å²) in [5.41, 5.74) is 7.94. The average Bonchev–Trinajstić information content (AvgIpc) is 3.09. The van der Waals surface area contributed by atoms with Gasteiger partial charge in [-0.2, -0.15) is 9.97 Å². The number of pyridine rings is 1. The molecule has 0 aliphatic carbocycles. The highest BCUT2D eigenvalue weighted by atomic mass is 19.2. The molecule has 30 heavy (non-hydrogen) atoms. The molecule has 0 unspecified atom stereocenters. The van der Waals surface area contributed by atoms with Crippen LogP contribution in [-0.2, 0) is 0 Å². The molecule has 0 saturated carbocycles. The van der Waals surface area contributed by atoms with Crippen molar-refractivity contribution in [3.8, 4) is 11.8 Å². The molecule has 1 aliphatic rings. The number of benzene rings is 1. The molecular weight excluding hydrogens is 392 g/mol. The smallest absolute Gasteiger partial charge is 0.326 e. The standard InChI is InChI=1S/C20H19F2N7O/c1-9-3-4-11(6-25-9)30-20-27-18-15(19(28-20)29-7-10(23)8-29)14-16(22)12(21)5-13(24-2)17(14)26-18/h3-6,10,24H,7-8,23H2,1-2H3,(H,26,27,28). The van der Waals surface area contributed by atoms with Gasteiger partial charge in [0, 0.05) is 37.9 Å². The molecule has 0 spiro atoms. The first kappa shape index (κ1) is 18.5. The third-order valence-electron chi connectivity index (χ3n) is 5.15. The molecule has 1 saturated heterocycles. The lowest BCUT2D eigenvalue weighted by molar-refractivity contribution is 0.438. The van der Waals surface area contributed by atoms with E-state index >= 15 is 0 Å². The topological polar surface area (TPSA) is 105 Å². The number of aromatic amines is 1. The van der Waals surface area contributed by atoms with Crippen LogP contribution in [0.3, 0.4) is 0 Å². The van der Waals surface area contributed by atoms with Crippen LogP contribution in [0.1, 0.15) is 5.69 Å². The van der Waals surface area contributed by atoms with Crippen molar-refractivity contribution in [3.63, 3.8) is 0 Å². The Hall–Kier alpha value is -3.53. The number of hydrogen-bond acceptors (Lipinski definition) is 7. The number of hydrogen-bond donors (Lipinski definition) is 3. The predicted molar refractivity (Wildman–Crippen MR) is 110 cm³/mol. The van der Waals surface area contributed by atoms with Crippen LogP contribution in [0.5, 0.6) is 11.8 Å². The minimum atomic E-state index is -0.957. The number of halogens is 2. The van der Waals surface area contributed by atoms with Crippen LogP contribution in [0, 0.1) is 18.6 Å². The Labute approximate surface area is 170 Å². The second-order valence-corrected chi connectivity index (χ2v) is 7.30. The number of anilines is 2. The van der Waals surface area contributed by atoms with Gasteiger partial charge in [-0.05, 0) is 19.1 Å². The lowest BCUT2D eigenvalue weighted by Gasteiger charge is -2.38. The highest BCUT2D eigenvalue weighted by Gasteiger charge is 2.30. The number of nitrogens with one attached hydrogen (secondary N) is 2. The van der Waals surface area contributed by atoms with Gasteiger partial charge >= 0.3 is 6.01 Å². The van der Waals surface area contributed by atoms with E-state index in [0.717, 1.165) is 11.8 Å². The zero-order valence-electron chi connectivity index (χ0n) is 16.3. The molecule has 1 fully saturated rings. The van der Waals surface area contributed by atoms with Gasteiger partial charge in [0.15, 0.2) is 11.6 Å². The summed E-state index contributed by atoms with van der Waals surface area (Å²) in [6.45, 7) is 2.95. The molecule has 154 valence electrons. The minimum Gasteiger partial charge on any atom is -0.423 e. The molecule has 3 aromatic heterocycles. The van der Waals surface area contributed by atoms with E-state index < -0.39 is 11.6 Å². The largest absolute Gasteiger partial charge is 0.423 e. The van der Waals surface area contributed by atoms with E-state index in [1.807, 2.05) is 17.9 Å². The van der Waals surface area contributed by atoms with Gasteiger partial charge in [-0.25, -0.2) is 8.78 Å². The van der Waals surface area contributed by atoms with Crippen molar-refractivity contribution in [1.82, 2.24) is 19.9 Å². The number of nitrogens with two attached hydrogens (primary N) is 1. The fraction of sp³-hybridized carbons (Fsp3) is 0.250. The van der Waals surface area contributed by atoms with E-state index in [1.54, 1.807) is 19.3 Å². The number of nitrogens with zero attached hydrogens (tertiary/aromatic N) is 4. The van der Waals surface area contributed by atoms with E-state index in [2.05, 4.69) is 25.3 Å². The molecule has 5 rings (SSSR count). The van der Waals surface area contributed by atoms with E-state index in [0.29, 0.717) is 46.9 Å². The van der Waals surface area contributed by atoms with Crippen molar-refractivity contribution >= 4 is 33.4 Å². The SMILES string of the molecule is CNc1cc(F)c(F)c2c1[nH]c1nc(Oc3ccc(C)nc3)nc(N3CC(N)C3)c12. The second-order valence-electron chi connectivity index (χ2n) is 7.30. The zero-order chi connectivity index (χ0) is 21.0. The number of fused-ring (bicyclic) bond motifs is 3. The number of ether oxygens (including phenoxy) is 1. The fourth-order valence-corrected chi connectivity index (χ4v) is 3.64. The summed E-state index contributed by atoms with van der Waals surface area (Å²) in [5, 5.41) is 3.36. The molecule has 1 aromatic carbocycles. The Morgan fingerprint density at radius 2 is 2.03 bits per heavy atom. The minimum absolute atomic E-state index is 0.0136. The summed E-state index contributed by atoms with van der Waals surface area (Å²) in [6, 6.07) is 4.73. The van der Waals surface area contributed by atoms with Gasteiger partial charge in [-0.1, -0.05) is 0 Å². The highest BCUT2D eigenvalue weighted by molar-refractivity contribution is 6.15. The quantitative estimate of drug-likeness (QED) is 0.474. The first-order valence-electron chi connectivity index (χ1n) is 9.45. The van der Waals surface area contributed by atoms with Gasteiger partial charge in [-0.15, -0.1) is 0 Å². The number of aryl methyl sites for hydroxylation is 1. The summed E-state index contributed by atoms with van der Waals surface area (Å²) >= 11 is 0. The van der Waals surface area contributed by atoms with Crippen molar-refractivity contribution in [2.24, 2.45) is 5.73 Å². The second kappa shape index (κ2) is 6.77. The summed E-state index contributed by atoms with van der Waals surface area (Å²) < 4.78 is 34.9. The van der Waals surface area contributed by atoms with Crippen LogP contribution in [0.4, 0.5) is 20.3 Å². The van der Waals surface area contributed by atoms with Gasteiger partial charge in [0.05, 0.1) is 28.2 Å². The van der Waals surface area contributed by atoms with Crippen molar-refractivity contribution in [2.45, 2.75) is 13.0 Å². The molecule has 8 nitrogen and oxygen atoms in total. The summed E-state index contributed by atoms with van der Waals surface area (Å²) in [5.74, 6) is -1.00. The summed E-state index contributed by atoms with van der Waals surface area (Å²) in [4.78, 5) is 18.1. The Morgan fingerprint density at radius 1 is 1.23 bits per heavy atom. The molecule has 4 aromatic rings. The molecule has 1 aliphatic heterocycles. The zero-order valence-corrected chi connectivity index (χ0v) is 16.3. The van der Waals surface area contributed by atoms with Crippen molar-refractivity contribution in [2.75, 3.05) is 30.4 Å². The van der Waals surface area contributed by atoms with Crippen molar-refractivity contribution < 1.29 is 13.5 Å². The van der Waals surface area contributed by atoms with Crippen LogP contribution >= 0.6 is 0 Å². The normalized spacial score (nSPS) is 14.4. The van der Waals surface area contributed by atoms with Crippen LogP contribution in [0.2, 0.25) is 0 Å². The Bertz CT molecular complexity index is 1270. The third kappa shape index (κ3) is 2.88. The Kier molecular flexibility index (Phi) is 4.17. The predicted octanol–water partition coefficient (Wildman–Crippen LogP) is 3.07. The molecule has 4 heterocycles. The maximum atomic E-state index is 14.8. The average molecular weight is 411 g/mol. The Morgan fingerprint density at radius 3 is 2.70 bits per heavy atom. The number of rotatable bonds is 4. The molecular formula is C20H19F2N7O. The molecule has 4 N–H and O–H groups in total. The fourth-order valence-electron chi connectivity index (χ4n) is 3.64. The number of aromatic nitrogens is 4. The monoisotopic (exact) mass is 411 g/mol. The van der Waals surface area contributed by atoms with Gasteiger partial charge < -0.3 is 25.7 Å². The first-order valence-corrected chi connectivity index (χ1v) is 9.45. The lowest BCUT2D eigenvalue weighted by atomic mass is 10.1. The summed E-state index contributed by atoms with van der Waals surface area (Å²) in [6.07, 6.45) is 1.57. The van der Waals surface area contributed by atoms with E-state index in [-0.39, 0.29) is 17.4 Å². The van der Waals surface area contributed by atoms with Gasteiger partial charge in [0.2, 0.25) is 0 Å². The van der Waals surface area contributed by atoms with E-state index in [4.69, 9.17) is 10.5 Å². The van der Waals surface area contributed by atoms with E-state index in [9.17, 15) is 8.78 Å². The molecule has 0 radical (unpaired) electrons. The third-order valence-corrected chi connectivity index (χ3v) is 5.15. The first-order chi connectivity index (χ1) is 14.4. The van der Waals surface area contributed by atoms with Crippen LogP contribution < -0.4 is 20.7 Å². The van der Waals surface area contributed by atoms with Crippen LogP contribution in [-0.4, -0.2) is 46.1 Å².